The molecule has 0 fully saturated rings. The Kier molecular flexibility index (Phi) is 7.71. The van der Waals surface area contributed by atoms with Gasteiger partial charge in [-0.25, -0.2) is 0 Å². The van der Waals surface area contributed by atoms with Gasteiger partial charge in [-0.3, -0.25) is 0 Å². The van der Waals surface area contributed by atoms with Gasteiger partial charge in [0, 0.05) is 38.4 Å². The minimum Gasteiger partial charge on any atom is -0.456 e. The Morgan fingerprint density at radius 3 is 1.56 bits per heavy atom. The number of hydrogen-bond acceptors (Lipinski definition) is 3. The first-order valence-corrected chi connectivity index (χ1v) is 23.4. The van der Waals surface area contributed by atoms with E-state index in [2.05, 4.69) is 229 Å². The van der Waals surface area contributed by atoms with Crippen LogP contribution in [0, 0.1) is 0 Å². The average Bonchev–Trinajstić information content (AvgIpc) is 4.13. The molecule has 2 heterocycles. The number of rotatable bonds is 5. The van der Waals surface area contributed by atoms with Crippen molar-refractivity contribution in [2.45, 2.75) is 5.41 Å². The van der Waals surface area contributed by atoms with Crippen molar-refractivity contribution in [2.75, 3.05) is 4.90 Å². The molecular weight excluding hydrogens is 827 g/mol. The second-order valence-corrected chi connectivity index (χ2v) is 18.3. The van der Waals surface area contributed by atoms with E-state index in [0.29, 0.717) is 0 Å². The first-order valence-electron chi connectivity index (χ1n) is 23.4. The summed E-state index contributed by atoms with van der Waals surface area (Å²) in [6.07, 6.45) is 0. The molecule has 0 amide bonds. The molecule has 2 aliphatic rings. The Labute approximate surface area is 392 Å². The summed E-state index contributed by atoms with van der Waals surface area (Å²) in [5, 5.41) is 6.84. The number of furan rings is 2. The van der Waals surface area contributed by atoms with Gasteiger partial charge in [0.05, 0.1) is 16.8 Å². The van der Waals surface area contributed by atoms with Crippen LogP contribution in [0.3, 0.4) is 0 Å². The Balaban J connectivity index is 0.964. The molecule has 0 atom stereocenters. The Morgan fingerprint density at radius 1 is 0.294 bits per heavy atom. The third-order valence-electron chi connectivity index (χ3n) is 14.9. The molecule has 2 aromatic heterocycles. The third-order valence-corrected chi connectivity index (χ3v) is 14.9. The van der Waals surface area contributed by atoms with Gasteiger partial charge >= 0.3 is 0 Å². The van der Waals surface area contributed by atoms with Crippen LogP contribution in [0.15, 0.2) is 245 Å². The van der Waals surface area contributed by atoms with Crippen LogP contribution < -0.4 is 4.90 Å². The second-order valence-electron chi connectivity index (χ2n) is 18.3. The first kappa shape index (κ1) is 37.3. The summed E-state index contributed by atoms with van der Waals surface area (Å²) in [4.78, 5) is 2.50. The molecular formula is C65H39NO2. The van der Waals surface area contributed by atoms with E-state index in [4.69, 9.17) is 8.83 Å². The highest BCUT2D eigenvalue weighted by atomic mass is 16.3. The summed E-state index contributed by atoms with van der Waals surface area (Å²) in [5.74, 6) is 0. The number of para-hydroxylation sites is 2. The lowest BCUT2D eigenvalue weighted by Gasteiger charge is -2.32. The van der Waals surface area contributed by atoms with Crippen LogP contribution in [0.4, 0.5) is 17.1 Å². The number of fused-ring (bicyclic) bond motifs is 17. The Bertz CT molecular complexity index is 4180. The predicted molar refractivity (Wildman–Crippen MR) is 280 cm³/mol. The van der Waals surface area contributed by atoms with Gasteiger partial charge in [-0.05, 0) is 133 Å². The highest BCUT2D eigenvalue weighted by Crippen LogP contribution is 2.65. The summed E-state index contributed by atoms with van der Waals surface area (Å²) in [6, 6.07) is 86.6. The maximum Gasteiger partial charge on any atom is 0.136 e. The Morgan fingerprint density at radius 2 is 0.794 bits per heavy atom. The van der Waals surface area contributed by atoms with Crippen molar-refractivity contribution >= 4 is 71.7 Å². The number of nitrogens with zero attached hydrogens (tertiary/aromatic N) is 1. The van der Waals surface area contributed by atoms with E-state index < -0.39 is 5.41 Å². The smallest absolute Gasteiger partial charge is 0.136 e. The van der Waals surface area contributed by atoms with Gasteiger partial charge in [0.15, 0.2) is 0 Å². The molecule has 68 heavy (non-hydrogen) atoms. The number of hydrogen-bond donors (Lipinski definition) is 0. The molecule has 0 unspecified atom stereocenters. The van der Waals surface area contributed by atoms with Gasteiger partial charge in [0.1, 0.15) is 22.3 Å². The van der Waals surface area contributed by atoms with Gasteiger partial charge in [-0.2, -0.15) is 0 Å². The van der Waals surface area contributed by atoms with E-state index in [0.717, 1.165) is 83.2 Å². The molecule has 316 valence electrons. The monoisotopic (exact) mass is 865 g/mol. The highest BCUT2D eigenvalue weighted by Gasteiger charge is 2.52. The Hall–Kier alpha value is -8.92. The lowest BCUT2D eigenvalue weighted by Crippen LogP contribution is -2.26. The fourth-order valence-electron chi connectivity index (χ4n) is 12.0. The van der Waals surface area contributed by atoms with Crippen molar-refractivity contribution < 1.29 is 8.83 Å². The van der Waals surface area contributed by atoms with E-state index in [1.165, 1.54) is 55.3 Å². The molecule has 15 rings (SSSR count). The normalized spacial score (nSPS) is 13.1. The molecule has 1 spiro atoms. The number of benzene rings is 11. The molecule has 0 bridgehead atoms. The van der Waals surface area contributed by atoms with Crippen molar-refractivity contribution in [1.29, 1.82) is 0 Å². The van der Waals surface area contributed by atoms with Crippen molar-refractivity contribution in [3.8, 4) is 44.5 Å². The van der Waals surface area contributed by atoms with Crippen molar-refractivity contribution in [1.82, 2.24) is 0 Å². The topological polar surface area (TPSA) is 29.5 Å². The maximum atomic E-state index is 6.52. The maximum absolute atomic E-state index is 6.52. The number of anilines is 3. The minimum absolute atomic E-state index is 0.475. The van der Waals surface area contributed by atoms with Crippen LogP contribution in [0.2, 0.25) is 0 Å². The molecule has 11 aromatic carbocycles. The zero-order chi connectivity index (χ0) is 44.5. The summed E-state index contributed by atoms with van der Waals surface area (Å²) < 4.78 is 12.7. The quantitative estimate of drug-likeness (QED) is 0.173. The van der Waals surface area contributed by atoms with Gasteiger partial charge < -0.3 is 13.7 Å². The largest absolute Gasteiger partial charge is 0.456 e. The molecule has 0 radical (unpaired) electrons. The molecule has 2 aliphatic carbocycles. The minimum atomic E-state index is -0.475. The van der Waals surface area contributed by atoms with Crippen LogP contribution in [-0.4, -0.2) is 0 Å². The van der Waals surface area contributed by atoms with Crippen molar-refractivity contribution in [2.24, 2.45) is 0 Å². The summed E-state index contributed by atoms with van der Waals surface area (Å²) in [6.45, 7) is 0. The lowest BCUT2D eigenvalue weighted by molar-refractivity contribution is 0.669. The average molecular weight is 866 g/mol. The highest BCUT2D eigenvalue weighted by molar-refractivity contribution is 6.12. The second kappa shape index (κ2) is 14.0. The SMILES string of the molecule is c1ccc(N(c2ccc(-c3ccc4oc5ccccc5c4c3)cc2)c2cccc3c2-c2ccccc2C32c3ccccc3-c3ccccc32)c(-c2ccc3oc4cc5ccccc5cc4c3c2)c1. The summed E-state index contributed by atoms with van der Waals surface area (Å²) in [5.41, 5.74) is 21.3. The lowest BCUT2D eigenvalue weighted by atomic mass is 9.70. The third kappa shape index (κ3) is 5.13. The van der Waals surface area contributed by atoms with Gasteiger partial charge in [0.2, 0.25) is 0 Å². The van der Waals surface area contributed by atoms with Gasteiger partial charge in [-0.15, -0.1) is 0 Å². The fraction of sp³-hybridized carbons (Fsp3) is 0.0154. The molecule has 0 saturated heterocycles. The molecule has 13 aromatic rings. The van der Waals surface area contributed by atoms with Crippen molar-refractivity contribution in [3.05, 3.63) is 259 Å². The van der Waals surface area contributed by atoms with Crippen LogP contribution >= 0.6 is 0 Å². The van der Waals surface area contributed by atoms with Gasteiger partial charge in [-0.1, -0.05) is 170 Å². The van der Waals surface area contributed by atoms with E-state index in [1.54, 1.807) is 0 Å². The zero-order valence-corrected chi connectivity index (χ0v) is 36.8. The zero-order valence-electron chi connectivity index (χ0n) is 36.8. The predicted octanol–water partition coefficient (Wildman–Crippen LogP) is 17.8. The van der Waals surface area contributed by atoms with E-state index in [-0.39, 0.29) is 0 Å². The van der Waals surface area contributed by atoms with E-state index >= 15 is 0 Å². The van der Waals surface area contributed by atoms with Crippen LogP contribution in [-0.2, 0) is 5.41 Å². The first-order chi connectivity index (χ1) is 33.7. The summed E-state index contributed by atoms with van der Waals surface area (Å²) >= 11 is 0. The van der Waals surface area contributed by atoms with Crippen LogP contribution in [0.25, 0.3) is 99.2 Å². The van der Waals surface area contributed by atoms with E-state index in [1.807, 2.05) is 12.1 Å². The fourth-order valence-corrected chi connectivity index (χ4v) is 12.0. The van der Waals surface area contributed by atoms with Crippen LogP contribution in [0.1, 0.15) is 22.3 Å². The molecule has 0 saturated carbocycles. The summed E-state index contributed by atoms with van der Waals surface area (Å²) in [7, 11) is 0. The molecule has 0 aliphatic heterocycles. The van der Waals surface area contributed by atoms with Crippen LogP contribution in [0.5, 0.6) is 0 Å². The molecule has 3 nitrogen and oxygen atoms in total. The van der Waals surface area contributed by atoms with E-state index in [9.17, 15) is 0 Å². The standard InChI is InChI=1S/C65H39NO2/c1-2-15-42-39-63-53(36-41(42)14-1)52-38-44(31-35-62(52)68-63)46-16-6-11-25-58(46)66(45-32-28-40(29-33-45)43-30-34-61-51(37-43)49-19-7-12-27-60(49)67-61)59-26-13-24-57-64(59)50-20-5-10-23-56(50)65(57)54-21-8-3-17-47(54)48-18-4-9-22-55(48)65/h1-39H. The van der Waals surface area contributed by atoms with Gasteiger partial charge in [0.25, 0.3) is 0 Å². The molecule has 0 N–H and O–H groups in total. The molecule has 3 heteroatoms. The van der Waals surface area contributed by atoms with Crippen molar-refractivity contribution in [3.63, 3.8) is 0 Å².